The monoisotopic (exact) mass is 505 g/mol. The zero-order valence-electron chi connectivity index (χ0n) is 18.1. The number of hydrogen-bond donors (Lipinski definition) is 2. The topological polar surface area (TPSA) is 116 Å². The number of nitrogens with zero attached hydrogens (tertiary/aromatic N) is 4. The lowest BCUT2D eigenvalue weighted by Gasteiger charge is -2.33. The summed E-state index contributed by atoms with van der Waals surface area (Å²) in [6, 6.07) is 11.7. The maximum Gasteiger partial charge on any atom is 0.407 e. The van der Waals surface area contributed by atoms with Crippen molar-refractivity contribution in [2.75, 3.05) is 35.8 Å². The van der Waals surface area contributed by atoms with Gasteiger partial charge in [0, 0.05) is 31.7 Å². The number of aryl methyl sites for hydroxylation is 1. The largest absolute Gasteiger partial charge is 0.465 e. The van der Waals surface area contributed by atoms with E-state index < -0.39 is 21.9 Å². The van der Waals surface area contributed by atoms with Gasteiger partial charge in [-0.15, -0.1) is 0 Å². The number of halogens is 2. The number of sulfonamides is 1. The lowest BCUT2D eigenvalue weighted by molar-refractivity contribution is 0.142. The van der Waals surface area contributed by atoms with Crippen molar-refractivity contribution >= 4 is 39.4 Å². The predicted octanol–water partition coefficient (Wildman–Crippen LogP) is 3.85. The molecular formula is C22H21ClFN5O4S. The third-order valence-corrected chi connectivity index (χ3v) is 6.96. The number of rotatable bonds is 5. The highest BCUT2D eigenvalue weighted by molar-refractivity contribution is 7.92. The van der Waals surface area contributed by atoms with E-state index in [0.717, 1.165) is 5.56 Å². The van der Waals surface area contributed by atoms with Crippen LogP contribution < -0.4 is 9.62 Å². The molecular weight excluding hydrogens is 485 g/mol. The van der Waals surface area contributed by atoms with Gasteiger partial charge >= 0.3 is 6.09 Å². The van der Waals surface area contributed by atoms with Gasteiger partial charge in [0.1, 0.15) is 17.5 Å². The molecule has 1 amide bonds. The first-order valence-corrected chi connectivity index (χ1v) is 12.2. The average molecular weight is 506 g/mol. The normalized spacial score (nSPS) is 14.2. The summed E-state index contributed by atoms with van der Waals surface area (Å²) >= 11 is 6.26. The summed E-state index contributed by atoms with van der Waals surface area (Å²) in [5.74, 6) is -0.0342. The Morgan fingerprint density at radius 3 is 2.53 bits per heavy atom. The van der Waals surface area contributed by atoms with Gasteiger partial charge in [0.05, 0.1) is 10.7 Å². The van der Waals surface area contributed by atoms with Crippen molar-refractivity contribution in [2.45, 2.75) is 11.9 Å². The molecule has 2 aromatic heterocycles. The summed E-state index contributed by atoms with van der Waals surface area (Å²) in [5.41, 5.74) is 1.43. The number of pyridine rings is 2. The minimum absolute atomic E-state index is 0.00494. The smallest absolute Gasteiger partial charge is 0.407 e. The lowest BCUT2D eigenvalue weighted by Crippen LogP contribution is -2.48. The second kappa shape index (κ2) is 9.43. The highest BCUT2D eigenvalue weighted by Gasteiger charge is 2.24. The second-order valence-corrected chi connectivity index (χ2v) is 9.72. The van der Waals surface area contributed by atoms with E-state index in [-0.39, 0.29) is 21.6 Å². The molecule has 1 fully saturated rings. The Kier molecular flexibility index (Phi) is 6.58. The molecule has 2 N–H and O–H groups in total. The Morgan fingerprint density at radius 2 is 1.82 bits per heavy atom. The number of aromatic nitrogens is 2. The first-order valence-electron chi connectivity index (χ1n) is 10.3. The van der Waals surface area contributed by atoms with E-state index in [2.05, 4.69) is 14.7 Å². The van der Waals surface area contributed by atoms with Crippen LogP contribution >= 0.6 is 11.6 Å². The lowest BCUT2D eigenvalue weighted by atomic mass is 10.0. The fourth-order valence-corrected chi connectivity index (χ4v) is 4.76. The van der Waals surface area contributed by atoms with Crippen LogP contribution in [0.5, 0.6) is 0 Å². The molecule has 12 heteroatoms. The number of amides is 1. The van der Waals surface area contributed by atoms with Crippen LogP contribution in [0.3, 0.4) is 0 Å². The van der Waals surface area contributed by atoms with Gasteiger partial charge in [0.2, 0.25) is 0 Å². The van der Waals surface area contributed by atoms with Crippen LogP contribution in [-0.2, 0) is 10.0 Å². The first-order chi connectivity index (χ1) is 16.1. The van der Waals surface area contributed by atoms with Gasteiger partial charge in [-0.05, 0) is 48.9 Å². The standard InChI is InChI=1S/C22H21ClFN5O4S/c1-14-5-6-15(24)13-16(14)21-17(23)7-8-18(25-21)27-34(32,33)20-4-2-3-19(26-20)28-9-11-29(12-10-28)22(30)31/h2-8,13H,9-12H2,1H3,(H,25,27)(H,30,31). The fraction of sp³-hybridized carbons (Fsp3) is 0.227. The van der Waals surface area contributed by atoms with Crippen molar-refractivity contribution in [1.82, 2.24) is 14.9 Å². The molecule has 0 atom stereocenters. The van der Waals surface area contributed by atoms with Crippen molar-refractivity contribution in [2.24, 2.45) is 0 Å². The molecule has 1 aliphatic heterocycles. The molecule has 0 saturated carbocycles. The van der Waals surface area contributed by atoms with Crippen LogP contribution in [0.1, 0.15) is 5.56 Å². The van der Waals surface area contributed by atoms with Crippen LogP contribution in [0.15, 0.2) is 53.6 Å². The number of piperazine rings is 1. The van der Waals surface area contributed by atoms with Crippen LogP contribution in [0.4, 0.5) is 20.8 Å². The predicted molar refractivity (Wildman–Crippen MR) is 126 cm³/mol. The quantitative estimate of drug-likeness (QED) is 0.541. The second-order valence-electron chi connectivity index (χ2n) is 7.68. The van der Waals surface area contributed by atoms with E-state index in [1.807, 2.05) is 4.90 Å². The van der Waals surface area contributed by atoms with E-state index in [4.69, 9.17) is 16.7 Å². The molecule has 4 rings (SSSR count). The molecule has 1 aromatic carbocycles. The molecule has 1 aliphatic rings. The van der Waals surface area contributed by atoms with Gasteiger partial charge in [-0.1, -0.05) is 23.7 Å². The SMILES string of the molecule is Cc1ccc(F)cc1-c1nc(NS(=O)(=O)c2cccc(N3CCN(C(=O)O)CC3)n2)ccc1Cl. The summed E-state index contributed by atoms with van der Waals surface area (Å²) in [5, 5.41) is 9.13. The molecule has 0 aliphatic carbocycles. The van der Waals surface area contributed by atoms with Gasteiger partial charge in [0.15, 0.2) is 5.03 Å². The molecule has 0 spiro atoms. The van der Waals surface area contributed by atoms with Crippen LogP contribution in [0, 0.1) is 12.7 Å². The number of carbonyl (C=O) groups is 1. The zero-order valence-corrected chi connectivity index (χ0v) is 19.6. The Labute approximate surface area is 200 Å². The van der Waals surface area contributed by atoms with E-state index in [1.54, 1.807) is 25.1 Å². The maximum absolute atomic E-state index is 13.8. The van der Waals surface area contributed by atoms with E-state index in [9.17, 15) is 17.6 Å². The molecule has 34 heavy (non-hydrogen) atoms. The van der Waals surface area contributed by atoms with Gasteiger partial charge in [0.25, 0.3) is 10.0 Å². The molecule has 3 heterocycles. The van der Waals surface area contributed by atoms with Crippen molar-refractivity contribution in [1.29, 1.82) is 0 Å². The minimum Gasteiger partial charge on any atom is -0.465 e. The summed E-state index contributed by atoms with van der Waals surface area (Å²) in [4.78, 5) is 22.8. The third-order valence-electron chi connectivity index (χ3n) is 5.40. The van der Waals surface area contributed by atoms with Gasteiger partial charge < -0.3 is 14.9 Å². The number of benzene rings is 1. The van der Waals surface area contributed by atoms with Gasteiger partial charge in [-0.2, -0.15) is 8.42 Å². The first kappa shape index (κ1) is 23.7. The van der Waals surface area contributed by atoms with Gasteiger partial charge in [-0.25, -0.2) is 19.2 Å². The van der Waals surface area contributed by atoms with Crippen molar-refractivity contribution in [3.63, 3.8) is 0 Å². The Balaban J connectivity index is 1.58. The average Bonchev–Trinajstić information content (AvgIpc) is 2.82. The zero-order chi connectivity index (χ0) is 24.5. The molecule has 178 valence electrons. The number of nitrogens with one attached hydrogen (secondary N) is 1. The highest BCUT2D eigenvalue weighted by atomic mass is 35.5. The van der Waals surface area contributed by atoms with E-state index in [1.165, 1.54) is 35.2 Å². The van der Waals surface area contributed by atoms with Crippen molar-refractivity contribution in [3.05, 3.63) is 64.9 Å². The van der Waals surface area contributed by atoms with Crippen LogP contribution in [0.25, 0.3) is 11.3 Å². The fourth-order valence-electron chi connectivity index (χ4n) is 3.58. The molecule has 0 bridgehead atoms. The molecule has 0 unspecified atom stereocenters. The molecule has 3 aromatic rings. The maximum atomic E-state index is 13.8. The third kappa shape index (κ3) is 5.05. The number of anilines is 2. The Morgan fingerprint density at radius 1 is 1.09 bits per heavy atom. The van der Waals surface area contributed by atoms with Crippen molar-refractivity contribution < 1.29 is 22.7 Å². The summed E-state index contributed by atoms with van der Waals surface area (Å²) in [7, 11) is -4.10. The molecule has 0 radical (unpaired) electrons. The van der Waals surface area contributed by atoms with Crippen molar-refractivity contribution in [3.8, 4) is 11.3 Å². The number of carboxylic acid groups (broad SMARTS) is 1. The molecule has 1 saturated heterocycles. The Bertz CT molecular complexity index is 1350. The van der Waals surface area contributed by atoms with E-state index in [0.29, 0.717) is 37.6 Å². The summed E-state index contributed by atoms with van der Waals surface area (Å²) in [6.45, 7) is 3.15. The van der Waals surface area contributed by atoms with E-state index >= 15 is 0 Å². The van der Waals surface area contributed by atoms with Gasteiger partial charge in [-0.3, -0.25) is 4.72 Å². The minimum atomic E-state index is -4.10. The summed E-state index contributed by atoms with van der Waals surface area (Å²) < 4.78 is 42.2. The highest BCUT2D eigenvalue weighted by Crippen LogP contribution is 2.31. The Hall–Kier alpha value is -3.44. The van der Waals surface area contributed by atoms with Crippen LogP contribution in [0.2, 0.25) is 5.02 Å². The molecule has 9 nitrogen and oxygen atoms in total. The van der Waals surface area contributed by atoms with Crippen LogP contribution in [-0.4, -0.2) is 60.7 Å². The summed E-state index contributed by atoms with van der Waals surface area (Å²) in [6.07, 6.45) is -0.989. The number of hydrogen-bond acceptors (Lipinski definition) is 6.